The zero-order valence-corrected chi connectivity index (χ0v) is 17.8. The van der Waals surface area contributed by atoms with Crippen LogP contribution in [0, 0.1) is 5.92 Å². The third-order valence-corrected chi connectivity index (χ3v) is 5.41. The second-order valence-corrected chi connectivity index (χ2v) is 8.58. The Labute approximate surface area is 160 Å². The molecule has 0 saturated heterocycles. The summed E-state index contributed by atoms with van der Waals surface area (Å²) in [6.45, 7) is 11.4. The molecule has 0 heterocycles. The highest BCUT2D eigenvalue weighted by Gasteiger charge is 2.29. The summed E-state index contributed by atoms with van der Waals surface area (Å²) in [5.41, 5.74) is -0.439. The van der Waals surface area contributed by atoms with Gasteiger partial charge in [0.25, 0.3) is 0 Å². The van der Waals surface area contributed by atoms with Gasteiger partial charge in [0.05, 0.1) is 0 Å². The van der Waals surface area contributed by atoms with Gasteiger partial charge in [-0.05, 0) is 72.6 Å². The first kappa shape index (κ1) is 22.8. The molecule has 0 aliphatic heterocycles. The highest BCUT2D eigenvalue weighted by atomic mass is 16.6. The molecule has 0 bridgehead atoms. The number of hydrogen-bond donors (Lipinski definition) is 0. The standard InChI is InChI=1S/C21H40N2O3/c1-7-23(8-2)19(24)12-10-9-11-17-13-15-18(16-14-17)22(6)20(25)26-21(3,4)5/h17-18H,7-16H2,1-6H3/t17-,18-. The topological polar surface area (TPSA) is 49.9 Å². The molecule has 0 N–H and O–H groups in total. The Balaban J connectivity index is 2.24. The first-order valence-electron chi connectivity index (χ1n) is 10.4. The molecule has 0 unspecified atom stereocenters. The summed E-state index contributed by atoms with van der Waals surface area (Å²) >= 11 is 0. The predicted octanol–water partition coefficient (Wildman–Crippen LogP) is 4.84. The van der Waals surface area contributed by atoms with E-state index in [1.165, 1.54) is 19.3 Å². The molecule has 0 aromatic rings. The third kappa shape index (κ3) is 7.96. The number of nitrogens with zero attached hydrogens (tertiary/aromatic N) is 2. The summed E-state index contributed by atoms with van der Waals surface area (Å²) in [4.78, 5) is 27.9. The third-order valence-electron chi connectivity index (χ3n) is 5.41. The van der Waals surface area contributed by atoms with Crippen molar-refractivity contribution in [1.82, 2.24) is 9.80 Å². The lowest BCUT2D eigenvalue weighted by molar-refractivity contribution is -0.130. The number of carbonyl (C=O) groups is 2. The fourth-order valence-electron chi connectivity index (χ4n) is 3.75. The van der Waals surface area contributed by atoms with Gasteiger partial charge in [0, 0.05) is 32.6 Å². The van der Waals surface area contributed by atoms with Crippen LogP contribution in [-0.2, 0) is 9.53 Å². The van der Waals surface area contributed by atoms with Crippen molar-refractivity contribution in [1.29, 1.82) is 0 Å². The minimum absolute atomic E-state index is 0.212. The largest absolute Gasteiger partial charge is 0.444 e. The van der Waals surface area contributed by atoms with E-state index in [0.29, 0.717) is 12.5 Å². The van der Waals surface area contributed by atoms with E-state index in [9.17, 15) is 9.59 Å². The van der Waals surface area contributed by atoms with Gasteiger partial charge in [0.15, 0.2) is 0 Å². The lowest BCUT2D eigenvalue weighted by Gasteiger charge is -2.35. The zero-order valence-electron chi connectivity index (χ0n) is 17.8. The fourth-order valence-corrected chi connectivity index (χ4v) is 3.75. The quantitative estimate of drug-likeness (QED) is 0.576. The van der Waals surface area contributed by atoms with Crippen LogP contribution in [0.2, 0.25) is 0 Å². The Morgan fingerprint density at radius 3 is 2.08 bits per heavy atom. The van der Waals surface area contributed by atoms with Gasteiger partial charge in [-0.1, -0.05) is 12.8 Å². The molecule has 5 heteroatoms. The van der Waals surface area contributed by atoms with Gasteiger partial charge < -0.3 is 14.5 Å². The van der Waals surface area contributed by atoms with Crippen molar-refractivity contribution >= 4 is 12.0 Å². The van der Waals surface area contributed by atoms with Gasteiger partial charge in [0.2, 0.25) is 5.91 Å². The van der Waals surface area contributed by atoms with Crippen molar-refractivity contribution < 1.29 is 14.3 Å². The van der Waals surface area contributed by atoms with Crippen LogP contribution in [0.3, 0.4) is 0 Å². The van der Waals surface area contributed by atoms with Gasteiger partial charge in [0.1, 0.15) is 5.60 Å². The minimum Gasteiger partial charge on any atom is -0.444 e. The van der Waals surface area contributed by atoms with E-state index >= 15 is 0 Å². The van der Waals surface area contributed by atoms with Crippen LogP contribution in [0.4, 0.5) is 4.79 Å². The van der Waals surface area contributed by atoms with Crippen LogP contribution in [0.25, 0.3) is 0 Å². The minimum atomic E-state index is -0.439. The second-order valence-electron chi connectivity index (χ2n) is 8.58. The molecule has 1 aliphatic carbocycles. The zero-order chi connectivity index (χ0) is 19.7. The fraction of sp³-hybridized carbons (Fsp3) is 0.905. The highest BCUT2D eigenvalue weighted by Crippen LogP contribution is 2.31. The molecule has 1 fully saturated rings. The van der Waals surface area contributed by atoms with Crippen LogP contribution in [0.1, 0.15) is 86.0 Å². The van der Waals surface area contributed by atoms with E-state index in [0.717, 1.165) is 44.7 Å². The van der Waals surface area contributed by atoms with Crippen LogP contribution in [-0.4, -0.2) is 53.6 Å². The molecule has 2 amide bonds. The Morgan fingerprint density at radius 2 is 1.58 bits per heavy atom. The van der Waals surface area contributed by atoms with Crippen LogP contribution >= 0.6 is 0 Å². The van der Waals surface area contributed by atoms with E-state index in [4.69, 9.17) is 4.74 Å². The average molecular weight is 369 g/mol. The van der Waals surface area contributed by atoms with Gasteiger partial charge in [-0.3, -0.25) is 4.79 Å². The molecule has 1 rings (SSSR count). The first-order valence-corrected chi connectivity index (χ1v) is 10.4. The Hall–Kier alpha value is -1.26. The molecule has 152 valence electrons. The maximum Gasteiger partial charge on any atom is 0.410 e. The molecular formula is C21H40N2O3. The predicted molar refractivity (Wildman–Crippen MR) is 106 cm³/mol. The van der Waals surface area contributed by atoms with E-state index in [2.05, 4.69) is 0 Å². The van der Waals surface area contributed by atoms with Crippen molar-refractivity contribution in [3.63, 3.8) is 0 Å². The van der Waals surface area contributed by atoms with Gasteiger partial charge in [-0.25, -0.2) is 4.79 Å². The van der Waals surface area contributed by atoms with Gasteiger partial charge in [-0.15, -0.1) is 0 Å². The molecule has 0 aromatic carbocycles. The molecule has 0 aromatic heterocycles. The van der Waals surface area contributed by atoms with Gasteiger partial charge in [-0.2, -0.15) is 0 Å². The van der Waals surface area contributed by atoms with Crippen molar-refractivity contribution in [3.8, 4) is 0 Å². The van der Waals surface area contributed by atoms with Crippen molar-refractivity contribution in [2.24, 2.45) is 5.92 Å². The molecule has 0 spiro atoms. The summed E-state index contributed by atoms with van der Waals surface area (Å²) in [7, 11) is 1.86. The second kappa shape index (κ2) is 10.8. The van der Waals surface area contributed by atoms with Crippen molar-refractivity contribution in [2.75, 3.05) is 20.1 Å². The van der Waals surface area contributed by atoms with Crippen LogP contribution in [0.15, 0.2) is 0 Å². The SMILES string of the molecule is CCN(CC)C(=O)CCCC[C@H]1CC[C@H](N(C)C(=O)OC(C)(C)C)CC1. The van der Waals surface area contributed by atoms with Crippen molar-refractivity contribution in [3.05, 3.63) is 0 Å². The van der Waals surface area contributed by atoms with Crippen LogP contribution in [0.5, 0.6) is 0 Å². The summed E-state index contributed by atoms with van der Waals surface area (Å²) < 4.78 is 5.47. The molecule has 5 nitrogen and oxygen atoms in total. The molecule has 0 atom stereocenters. The van der Waals surface area contributed by atoms with E-state index < -0.39 is 5.60 Å². The highest BCUT2D eigenvalue weighted by molar-refractivity contribution is 5.76. The maximum absolute atomic E-state index is 12.2. The number of carbonyl (C=O) groups excluding carboxylic acids is 2. The molecule has 1 aliphatic rings. The molecule has 26 heavy (non-hydrogen) atoms. The number of unbranched alkanes of at least 4 members (excludes halogenated alkanes) is 1. The van der Waals surface area contributed by atoms with E-state index in [-0.39, 0.29) is 12.0 Å². The number of rotatable bonds is 8. The lowest BCUT2D eigenvalue weighted by Crippen LogP contribution is -2.42. The molecule has 1 saturated carbocycles. The Kier molecular flexibility index (Phi) is 9.45. The molecule has 0 radical (unpaired) electrons. The average Bonchev–Trinajstić information content (AvgIpc) is 2.58. The maximum atomic E-state index is 12.2. The number of hydrogen-bond acceptors (Lipinski definition) is 3. The summed E-state index contributed by atoms with van der Waals surface area (Å²) in [6, 6.07) is 0.297. The van der Waals surface area contributed by atoms with Crippen LogP contribution < -0.4 is 0 Å². The monoisotopic (exact) mass is 368 g/mol. The van der Waals surface area contributed by atoms with E-state index in [1.807, 2.05) is 46.6 Å². The Bertz CT molecular complexity index is 433. The Morgan fingerprint density at radius 1 is 1.00 bits per heavy atom. The normalized spacial score (nSPS) is 20.5. The smallest absolute Gasteiger partial charge is 0.410 e. The first-order chi connectivity index (χ1) is 12.2. The summed E-state index contributed by atoms with van der Waals surface area (Å²) in [5.74, 6) is 1.03. The summed E-state index contributed by atoms with van der Waals surface area (Å²) in [5, 5.41) is 0. The summed E-state index contributed by atoms with van der Waals surface area (Å²) in [6.07, 6.45) is 8.24. The lowest BCUT2D eigenvalue weighted by atomic mass is 9.82. The van der Waals surface area contributed by atoms with E-state index in [1.54, 1.807) is 4.90 Å². The van der Waals surface area contributed by atoms with Crippen molar-refractivity contribution in [2.45, 2.75) is 97.6 Å². The number of ether oxygens (including phenoxy) is 1. The van der Waals surface area contributed by atoms with Gasteiger partial charge >= 0.3 is 6.09 Å². The number of amides is 2. The molecular weight excluding hydrogens is 328 g/mol.